The van der Waals surface area contributed by atoms with Crippen LogP contribution in [0.15, 0.2) is 41.3 Å². The fourth-order valence-corrected chi connectivity index (χ4v) is 4.04. The summed E-state index contributed by atoms with van der Waals surface area (Å²) in [4.78, 5) is 43.7. The maximum absolute atomic E-state index is 13.2. The highest BCUT2D eigenvalue weighted by molar-refractivity contribution is 6.00. The summed E-state index contributed by atoms with van der Waals surface area (Å²) < 4.78 is 14.3. The summed E-state index contributed by atoms with van der Waals surface area (Å²) in [7, 11) is 0. The van der Waals surface area contributed by atoms with E-state index in [1.54, 1.807) is 23.1 Å². The zero-order valence-corrected chi connectivity index (χ0v) is 17.4. The lowest BCUT2D eigenvalue weighted by Gasteiger charge is -2.27. The van der Waals surface area contributed by atoms with Crippen molar-refractivity contribution in [1.29, 1.82) is 0 Å². The van der Waals surface area contributed by atoms with Crippen LogP contribution in [0.1, 0.15) is 40.7 Å². The second-order valence-corrected chi connectivity index (χ2v) is 7.94. The molecule has 0 saturated carbocycles. The minimum absolute atomic E-state index is 0.00713. The summed E-state index contributed by atoms with van der Waals surface area (Å²) in [5.74, 6) is -2.30. The van der Waals surface area contributed by atoms with Crippen LogP contribution in [0.25, 0.3) is 11.0 Å². The number of primary amides is 1. The Labute approximate surface area is 183 Å². The molecule has 3 N–H and O–H groups in total. The fraction of sp³-hybridized carbons (Fsp3) is 0.304. The zero-order valence-electron chi connectivity index (χ0n) is 17.4. The summed E-state index contributed by atoms with van der Waals surface area (Å²) in [6, 6.07) is 7.62. The molecule has 8 nitrogen and oxygen atoms in total. The molecule has 0 aliphatic carbocycles. The Balaban J connectivity index is 1.80. The highest BCUT2D eigenvalue weighted by Gasteiger charge is 2.24. The number of carbonyl (C=O) groups excluding carboxylic acids is 2. The third-order valence-electron chi connectivity index (χ3n) is 5.71. The average Bonchev–Trinajstić information content (AvgIpc) is 2.78. The monoisotopic (exact) mass is 438 g/mol. The van der Waals surface area contributed by atoms with Crippen molar-refractivity contribution in [2.45, 2.75) is 32.2 Å². The van der Waals surface area contributed by atoms with Crippen molar-refractivity contribution in [3.8, 4) is 5.75 Å². The first-order valence-corrected chi connectivity index (χ1v) is 10.4. The quantitative estimate of drug-likeness (QED) is 0.631. The van der Waals surface area contributed by atoms with E-state index in [-0.39, 0.29) is 29.3 Å². The molecule has 2 aromatic heterocycles. The van der Waals surface area contributed by atoms with E-state index in [4.69, 9.17) is 5.73 Å². The molecular weight excluding hydrogens is 415 g/mol. The molecule has 0 unspecified atom stereocenters. The van der Waals surface area contributed by atoms with E-state index in [1.807, 2.05) is 0 Å². The lowest BCUT2D eigenvalue weighted by atomic mass is 10.1. The van der Waals surface area contributed by atoms with Gasteiger partial charge in [0.15, 0.2) is 5.75 Å². The summed E-state index contributed by atoms with van der Waals surface area (Å²) in [5.41, 5.74) is 5.64. The molecule has 166 valence electrons. The standard InChI is InChI=1S/C23H23FN4O4/c24-16-6-4-14(5-7-16)10-15-11-17-20(26-12-15)21(30)19(22(25)31)23(32)28(17)13-18(29)27-8-2-1-3-9-27/h4-7,11-12,30H,1-3,8-10,13H2,(H2,25,31). The first kappa shape index (κ1) is 21.5. The molecule has 0 spiro atoms. The van der Waals surface area contributed by atoms with Gasteiger partial charge >= 0.3 is 0 Å². The van der Waals surface area contributed by atoms with Gasteiger partial charge in [-0.05, 0) is 55.0 Å². The van der Waals surface area contributed by atoms with E-state index >= 15 is 0 Å². The van der Waals surface area contributed by atoms with Gasteiger partial charge in [-0.2, -0.15) is 0 Å². The van der Waals surface area contributed by atoms with Gasteiger partial charge in [-0.1, -0.05) is 12.1 Å². The van der Waals surface area contributed by atoms with Gasteiger partial charge < -0.3 is 15.7 Å². The Kier molecular flexibility index (Phi) is 5.89. The number of fused-ring (bicyclic) bond motifs is 1. The smallest absolute Gasteiger partial charge is 0.268 e. The number of piperidine rings is 1. The Bertz CT molecular complexity index is 1250. The third kappa shape index (κ3) is 4.18. The molecule has 4 rings (SSSR count). The molecule has 2 amide bonds. The number of nitrogens with two attached hydrogens (primary N) is 1. The summed E-state index contributed by atoms with van der Waals surface area (Å²) in [6.45, 7) is 0.929. The van der Waals surface area contributed by atoms with Crippen LogP contribution in [0, 0.1) is 5.82 Å². The second kappa shape index (κ2) is 8.78. The molecule has 32 heavy (non-hydrogen) atoms. The fourth-order valence-electron chi connectivity index (χ4n) is 4.04. The Morgan fingerprint density at radius 3 is 2.44 bits per heavy atom. The first-order valence-electron chi connectivity index (χ1n) is 10.4. The summed E-state index contributed by atoms with van der Waals surface area (Å²) in [5, 5.41) is 10.5. The lowest BCUT2D eigenvalue weighted by Crippen LogP contribution is -2.40. The molecule has 0 atom stereocenters. The van der Waals surface area contributed by atoms with Gasteiger partial charge in [-0.3, -0.25) is 23.9 Å². The van der Waals surface area contributed by atoms with E-state index < -0.39 is 22.8 Å². The molecule has 1 aliphatic heterocycles. The van der Waals surface area contributed by atoms with Crippen molar-refractivity contribution in [1.82, 2.24) is 14.5 Å². The van der Waals surface area contributed by atoms with E-state index in [0.717, 1.165) is 29.4 Å². The van der Waals surface area contributed by atoms with Crippen molar-refractivity contribution in [2.75, 3.05) is 13.1 Å². The topological polar surface area (TPSA) is 119 Å². The molecule has 1 aromatic carbocycles. The SMILES string of the molecule is NC(=O)c1c(O)c2ncc(Cc3ccc(F)cc3)cc2n(CC(=O)N2CCCCC2)c1=O. The van der Waals surface area contributed by atoms with Crippen LogP contribution < -0.4 is 11.3 Å². The largest absolute Gasteiger partial charge is 0.505 e. The van der Waals surface area contributed by atoms with E-state index in [9.17, 15) is 23.9 Å². The second-order valence-electron chi connectivity index (χ2n) is 7.94. The van der Waals surface area contributed by atoms with Crippen LogP contribution in [-0.2, 0) is 17.8 Å². The van der Waals surface area contributed by atoms with E-state index in [2.05, 4.69) is 4.98 Å². The van der Waals surface area contributed by atoms with Gasteiger partial charge in [0.2, 0.25) is 5.91 Å². The number of aromatic hydroxyl groups is 1. The van der Waals surface area contributed by atoms with Gasteiger partial charge in [-0.25, -0.2) is 4.39 Å². The Morgan fingerprint density at radius 2 is 1.78 bits per heavy atom. The van der Waals surface area contributed by atoms with Crippen LogP contribution >= 0.6 is 0 Å². The molecule has 3 aromatic rings. The van der Waals surface area contributed by atoms with Crippen molar-refractivity contribution in [3.63, 3.8) is 0 Å². The molecule has 1 fully saturated rings. The molecular formula is C23H23FN4O4. The summed E-state index contributed by atoms with van der Waals surface area (Å²) in [6.07, 6.45) is 4.74. The molecule has 9 heteroatoms. The number of likely N-dealkylation sites (tertiary alicyclic amines) is 1. The predicted octanol–water partition coefficient (Wildman–Crippen LogP) is 1.94. The van der Waals surface area contributed by atoms with E-state index in [0.29, 0.717) is 25.1 Å². The number of halogens is 1. The maximum Gasteiger partial charge on any atom is 0.268 e. The van der Waals surface area contributed by atoms with Crippen LogP contribution in [0.5, 0.6) is 5.75 Å². The number of amides is 2. The number of hydrogen-bond donors (Lipinski definition) is 2. The minimum atomic E-state index is -1.09. The van der Waals surface area contributed by atoms with Gasteiger partial charge in [0.1, 0.15) is 23.4 Å². The molecule has 1 aliphatic rings. The number of hydrogen-bond acceptors (Lipinski definition) is 5. The number of pyridine rings is 2. The predicted molar refractivity (Wildman–Crippen MR) is 116 cm³/mol. The maximum atomic E-state index is 13.2. The Hall–Kier alpha value is -3.75. The number of rotatable bonds is 5. The van der Waals surface area contributed by atoms with Gasteiger partial charge in [0.05, 0.1) is 5.52 Å². The normalized spacial score (nSPS) is 14.0. The van der Waals surface area contributed by atoms with E-state index in [1.165, 1.54) is 18.3 Å². The molecule has 3 heterocycles. The molecule has 0 bridgehead atoms. The number of benzene rings is 1. The summed E-state index contributed by atoms with van der Waals surface area (Å²) >= 11 is 0. The third-order valence-corrected chi connectivity index (χ3v) is 5.71. The van der Waals surface area contributed by atoms with Crippen molar-refractivity contribution < 1.29 is 19.1 Å². The highest BCUT2D eigenvalue weighted by atomic mass is 19.1. The van der Waals surface area contributed by atoms with Crippen LogP contribution in [0.2, 0.25) is 0 Å². The van der Waals surface area contributed by atoms with Crippen molar-refractivity contribution >= 4 is 22.8 Å². The van der Waals surface area contributed by atoms with Crippen LogP contribution in [-0.4, -0.2) is 44.5 Å². The number of carbonyl (C=O) groups is 2. The highest BCUT2D eigenvalue weighted by Crippen LogP contribution is 2.26. The van der Waals surface area contributed by atoms with Crippen LogP contribution in [0.4, 0.5) is 4.39 Å². The lowest BCUT2D eigenvalue weighted by molar-refractivity contribution is -0.132. The van der Waals surface area contributed by atoms with Gasteiger partial charge in [0, 0.05) is 19.3 Å². The van der Waals surface area contributed by atoms with Gasteiger partial charge in [-0.15, -0.1) is 0 Å². The van der Waals surface area contributed by atoms with Crippen molar-refractivity contribution in [2.24, 2.45) is 5.73 Å². The van der Waals surface area contributed by atoms with Gasteiger partial charge in [0.25, 0.3) is 11.5 Å². The van der Waals surface area contributed by atoms with Crippen LogP contribution in [0.3, 0.4) is 0 Å². The molecule has 0 radical (unpaired) electrons. The number of nitrogens with zero attached hydrogens (tertiary/aromatic N) is 3. The number of aromatic nitrogens is 2. The van der Waals surface area contributed by atoms with Crippen molar-refractivity contribution in [3.05, 3.63) is 69.4 Å². The average molecular weight is 438 g/mol. The first-order chi connectivity index (χ1) is 15.3. The Morgan fingerprint density at radius 1 is 1.09 bits per heavy atom. The zero-order chi connectivity index (χ0) is 22.8. The molecule has 1 saturated heterocycles. The minimum Gasteiger partial charge on any atom is -0.505 e.